The number of benzene rings is 2. The van der Waals surface area contributed by atoms with E-state index in [0.29, 0.717) is 16.5 Å². The maximum Gasteiger partial charge on any atom is 0.404 e. The van der Waals surface area contributed by atoms with Crippen LogP contribution in [-0.2, 0) is 4.74 Å². The van der Waals surface area contributed by atoms with E-state index >= 15 is 0 Å². The number of carbonyl (C=O) groups excluding carboxylic acids is 1. The van der Waals surface area contributed by atoms with Crippen LogP contribution in [0.4, 0.5) is 4.79 Å². The van der Waals surface area contributed by atoms with Crippen molar-refractivity contribution in [1.29, 1.82) is 0 Å². The Morgan fingerprint density at radius 1 is 1.19 bits per heavy atom. The van der Waals surface area contributed by atoms with Gasteiger partial charge in [0.1, 0.15) is 6.10 Å². The van der Waals surface area contributed by atoms with Crippen molar-refractivity contribution < 1.29 is 14.6 Å². The molecule has 2 aromatic carbocycles. The molecule has 0 saturated heterocycles. The first kappa shape index (κ1) is 20.9. The molecule has 0 heterocycles. The second kappa shape index (κ2) is 9.51. The molecule has 0 fully saturated rings. The lowest BCUT2D eigenvalue weighted by Gasteiger charge is -2.30. The first-order chi connectivity index (χ1) is 12.4. The summed E-state index contributed by atoms with van der Waals surface area (Å²) in [5.74, 6) is -0.542. The molecule has 140 valence electrons. The summed E-state index contributed by atoms with van der Waals surface area (Å²) in [7, 11) is 0. The molecular formula is C19H21Cl2NO3S. The van der Waals surface area contributed by atoms with Gasteiger partial charge in [0.05, 0.1) is 22.1 Å². The van der Waals surface area contributed by atoms with Crippen LogP contribution in [0.25, 0.3) is 0 Å². The van der Waals surface area contributed by atoms with E-state index in [0.717, 1.165) is 16.0 Å². The minimum Gasteiger partial charge on any atom is -0.446 e. The molecule has 4 nitrogen and oxygen atoms in total. The highest BCUT2D eigenvalue weighted by Crippen LogP contribution is 2.39. The number of primary amides is 1. The van der Waals surface area contributed by atoms with Gasteiger partial charge in [-0.15, -0.1) is 11.8 Å². The highest BCUT2D eigenvalue weighted by molar-refractivity contribution is 7.98. The number of aliphatic hydroxyl groups is 1. The van der Waals surface area contributed by atoms with E-state index in [1.807, 2.05) is 37.4 Å². The fourth-order valence-electron chi connectivity index (χ4n) is 2.91. The minimum absolute atomic E-state index is 0.369. The van der Waals surface area contributed by atoms with Crippen molar-refractivity contribution in [3.8, 4) is 0 Å². The summed E-state index contributed by atoms with van der Waals surface area (Å²) >= 11 is 13.8. The van der Waals surface area contributed by atoms with Crippen LogP contribution in [0.15, 0.2) is 47.4 Å². The number of nitrogens with two attached hydrogens (primary N) is 1. The SMILES string of the molecule is CCC(OC(N)=O)C(c1ccc(Cl)c(Cl)c1)C(O)c1cccc(SC)c1. The van der Waals surface area contributed by atoms with Crippen LogP contribution in [0.2, 0.25) is 10.0 Å². The average molecular weight is 414 g/mol. The summed E-state index contributed by atoms with van der Waals surface area (Å²) in [6, 6.07) is 12.7. The van der Waals surface area contributed by atoms with Crippen molar-refractivity contribution in [3.63, 3.8) is 0 Å². The van der Waals surface area contributed by atoms with Gasteiger partial charge < -0.3 is 15.6 Å². The summed E-state index contributed by atoms with van der Waals surface area (Å²) in [5.41, 5.74) is 6.67. The Balaban J connectivity index is 2.50. The van der Waals surface area contributed by atoms with E-state index in [1.165, 1.54) is 0 Å². The quantitative estimate of drug-likeness (QED) is 0.595. The molecule has 0 aliphatic heterocycles. The lowest BCUT2D eigenvalue weighted by molar-refractivity contribution is 0.0338. The zero-order valence-corrected chi connectivity index (χ0v) is 16.8. The van der Waals surface area contributed by atoms with Gasteiger partial charge in [-0.1, -0.05) is 48.3 Å². The standard InChI is InChI=1S/C19H21Cl2NO3S/c1-3-16(25-19(22)24)17(11-7-8-14(20)15(21)10-11)18(23)12-5-4-6-13(9-12)26-2/h4-10,16-18,23H,3H2,1-2H3,(H2,22,24). The number of ether oxygens (including phenoxy) is 1. The summed E-state index contributed by atoms with van der Waals surface area (Å²) in [4.78, 5) is 12.4. The Kier molecular flexibility index (Phi) is 7.65. The maximum absolute atomic E-state index is 11.4. The molecular weight excluding hydrogens is 393 g/mol. The van der Waals surface area contributed by atoms with E-state index in [-0.39, 0.29) is 0 Å². The third-order valence-electron chi connectivity index (χ3n) is 4.17. The Labute approximate surface area is 167 Å². The molecule has 2 aromatic rings. The monoisotopic (exact) mass is 413 g/mol. The number of rotatable bonds is 7. The van der Waals surface area contributed by atoms with Crippen LogP contribution < -0.4 is 5.73 Å². The number of aliphatic hydroxyl groups excluding tert-OH is 1. The van der Waals surface area contributed by atoms with Gasteiger partial charge in [-0.2, -0.15) is 0 Å². The molecule has 0 saturated carbocycles. The van der Waals surface area contributed by atoms with Gasteiger partial charge >= 0.3 is 6.09 Å². The van der Waals surface area contributed by atoms with E-state index in [1.54, 1.807) is 30.0 Å². The van der Waals surface area contributed by atoms with Gasteiger partial charge in [0, 0.05) is 4.90 Å². The van der Waals surface area contributed by atoms with Crippen LogP contribution in [0.5, 0.6) is 0 Å². The third-order valence-corrected chi connectivity index (χ3v) is 5.64. The van der Waals surface area contributed by atoms with Crippen molar-refractivity contribution >= 4 is 41.1 Å². The molecule has 0 aromatic heterocycles. The predicted molar refractivity (Wildman–Crippen MR) is 107 cm³/mol. The van der Waals surface area contributed by atoms with Crippen LogP contribution >= 0.6 is 35.0 Å². The number of hydrogen-bond acceptors (Lipinski definition) is 4. The largest absolute Gasteiger partial charge is 0.446 e. The summed E-state index contributed by atoms with van der Waals surface area (Å²) in [6.45, 7) is 1.86. The zero-order chi connectivity index (χ0) is 19.3. The highest BCUT2D eigenvalue weighted by atomic mass is 35.5. The normalized spacial score (nSPS) is 14.5. The molecule has 7 heteroatoms. The summed E-state index contributed by atoms with van der Waals surface area (Å²) in [5, 5.41) is 11.9. The number of amides is 1. The van der Waals surface area contributed by atoms with Crippen LogP contribution in [0.3, 0.4) is 0 Å². The van der Waals surface area contributed by atoms with Gasteiger partial charge in [0.2, 0.25) is 0 Å². The molecule has 3 atom stereocenters. The number of thioether (sulfide) groups is 1. The molecule has 3 N–H and O–H groups in total. The Bertz CT molecular complexity index is 772. The van der Waals surface area contributed by atoms with Crippen LogP contribution in [-0.4, -0.2) is 23.6 Å². The molecule has 0 aliphatic carbocycles. The lowest BCUT2D eigenvalue weighted by atomic mass is 9.83. The van der Waals surface area contributed by atoms with E-state index < -0.39 is 24.2 Å². The molecule has 0 spiro atoms. The van der Waals surface area contributed by atoms with E-state index in [2.05, 4.69) is 0 Å². The topological polar surface area (TPSA) is 72.5 Å². The van der Waals surface area contributed by atoms with Gasteiger partial charge in [-0.05, 0) is 48.1 Å². The number of halogens is 2. The average Bonchev–Trinajstić information content (AvgIpc) is 2.63. The molecule has 0 bridgehead atoms. The van der Waals surface area contributed by atoms with Crippen molar-refractivity contribution in [1.82, 2.24) is 0 Å². The van der Waals surface area contributed by atoms with Crippen LogP contribution in [0, 0.1) is 0 Å². The molecule has 0 radical (unpaired) electrons. The van der Waals surface area contributed by atoms with Crippen molar-refractivity contribution in [2.24, 2.45) is 5.73 Å². The smallest absolute Gasteiger partial charge is 0.404 e. The van der Waals surface area contributed by atoms with Gasteiger partial charge in [-0.25, -0.2) is 4.79 Å². The van der Waals surface area contributed by atoms with E-state index in [9.17, 15) is 9.90 Å². The molecule has 26 heavy (non-hydrogen) atoms. The molecule has 2 rings (SSSR count). The van der Waals surface area contributed by atoms with Crippen LogP contribution in [0.1, 0.15) is 36.5 Å². The maximum atomic E-state index is 11.4. The first-order valence-corrected chi connectivity index (χ1v) is 10.1. The Morgan fingerprint density at radius 3 is 2.50 bits per heavy atom. The molecule has 3 unspecified atom stereocenters. The minimum atomic E-state index is -0.913. The summed E-state index contributed by atoms with van der Waals surface area (Å²) in [6.07, 6.45) is 0.0356. The second-order valence-corrected chi connectivity index (χ2v) is 7.50. The molecule has 0 aliphatic rings. The van der Waals surface area contributed by atoms with Gasteiger partial charge in [0.25, 0.3) is 0 Å². The van der Waals surface area contributed by atoms with Gasteiger partial charge in [0.15, 0.2) is 0 Å². The van der Waals surface area contributed by atoms with Crippen molar-refractivity contribution in [2.75, 3.05) is 6.26 Å². The zero-order valence-electron chi connectivity index (χ0n) is 14.5. The lowest BCUT2D eigenvalue weighted by Crippen LogP contribution is -2.31. The fourth-order valence-corrected chi connectivity index (χ4v) is 3.69. The first-order valence-electron chi connectivity index (χ1n) is 8.10. The summed E-state index contributed by atoms with van der Waals surface area (Å²) < 4.78 is 5.28. The van der Waals surface area contributed by atoms with Crippen molar-refractivity contribution in [2.45, 2.75) is 36.4 Å². The molecule has 1 amide bonds. The number of carbonyl (C=O) groups is 1. The highest BCUT2D eigenvalue weighted by Gasteiger charge is 2.33. The van der Waals surface area contributed by atoms with E-state index in [4.69, 9.17) is 33.7 Å². The Morgan fingerprint density at radius 2 is 1.92 bits per heavy atom. The third kappa shape index (κ3) is 5.07. The van der Waals surface area contributed by atoms with Gasteiger partial charge in [-0.3, -0.25) is 0 Å². The predicted octanol–water partition coefficient (Wildman–Crippen LogP) is 5.41. The fraction of sp³-hybridized carbons (Fsp3) is 0.316. The second-order valence-electron chi connectivity index (χ2n) is 5.80. The Hall–Kier alpha value is -1.40. The van der Waals surface area contributed by atoms with Crippen molar-refractivity contribution in [3.05, 3.63) is 63.6 Å². The number of hydrogen-bond donors (Lipinski definition) is 2.